The van der Waals surface area contributed by atoms with E-state index in [2.05, 4.69) is 51.2 Å². The van der Waals surface area contributed by atoms with Crippen molar-refractivity contribution in [1.29, 1.82) is 0 Å². The zero-order valence-corrected chi connectivity index (χ0v) is 13.7. The van der Waals surface area contributed by atoms with Crippen LogP contribution in [0.5, 0.6) is 5.75 Å². The van der Waals surface area contributed by atoms with E-state index in [1.165, 1.54) is 30.4 Å². The summed E-state index contributed by atoms with van der Waals surface area (Å²) in [5.41, 5.74) is 2.78. The Bertz CT molecular complexity index is 455. The van der Waals surface area contributed by atoms with Crippen molar-refractivity contribution in [3.8, 4) is 5.75 Å². The SMILES string of the molecule is CNCCC1(Oc2cc(C)ccc2C(C)(C)C)CCC1. The molecule has 1 aliphatic rings. The Morgan fingerprint density at radius 3 is 2.45 bits per heavy atom. The topological polar surface area (TPSA) is 21.3 Å². The van der Waals surface area contributed by atoms with Gasteiger partial charge in [0.1, 0.15) is 11.4 Å². The average molecular weight is 275 g/mol. The van der Waals surface area contributed by atoms with Gasteiger partial charge in [0.25, 0.3) is 0 Å². The Kier molecular flexibility index (Phi) is 4.43. The Morgan fingerprint density at radius 1 is 1.25 bits per heavy atom. The molecule has 20 heavy (non-hydrogen) atoms. The lowest BCUT2D eigenvalue weighted by atomic mass is 9.77. The molecule has 2 nitrogen and oxygen atoms in total. The van der Waals surface area contributed by atoms with Crippen LogP contribution in [0, 0.1) is 6.92 Å². The summed E-state index contributed by atoms with van der Waals surface area (Å²) in [6.45, 7) is 9.93. The molecule has 0 aliphatic heterocycles. The molecule has 1 aliphatic carbocycles. The molecule has 2 heteroatoms. The van der Waals surface area contributed by atoms with E-state index in [1.807, 2.05) is 7.05 Å². The summed E-state index contributed by atoms with van der Waals surface area (Å²) in [6.07, 6.45) is 4.76. The summed E-state index contributed by atoms with van der Waals surface area (Å²) in [4.78, 5) is 0. The maximum absolute atomic E-state index is 6.54. The van der Waals surface area contributed by atoms with E-state index >= 15 is 0 Å². The second kappa shape index (κ2) is 5.77. The van der Waals surface area contributed by atoms with Crippen molar-refractivity contribution in [3.63, 3.8) is 0 Å². The molecule has 0 radical (unpaired) electrons. The van der Waals surface area contributed by atoms with Crippen LogP contribution in [-0.2, 0) is 5.41 Å². The molecule has 1 N–H and O–H groups in total. The predicted octanol–water partition coefficient (Wildman–Crippen LogP) is 4.20. The number of hydrogen-bond acceptors (Lipinski definition) is 2. The molecule has 0 heterocycles. The molecule has 1 aromatic carbocycles. The Hall–Kier alpha value is -1.02. The smallest absolute Gasteiger partial charge is 0.124 e. The van der Waals surface area contributed by atoms with Gasteiger partial charge in [-0.2, -0.15) is 0 Å². The third-order valence-corrected chi connectivity index (χ3v) is 4.37. The first-order chi connectivity index (χ1) is 9.36. The Balaban J connectivity index is 2.25. The molecule has 1 fully saturated rings. The van der Waals surface area contributed by atoms with Gasteiger partial charge in [-0.1, -0.05) is 32.9 Å². The molecule has 2 rings (SSSR count). The van der Waals surface area contributed by atoms with Crippen LogP contribution in [0.2, 0.25) is 0 Å². The van der Waals surface area contributed by atoms with E-state index in [9.17, 15) is 0 Å². The maximum atomic E-state index is 6.54. The second-order valence-corrected chi connectivity index (χ2v) is 7.24. The molecule has 1 aromatic rings. The van der Waals surface area contributed by atoms with E-state index in [4.69, 9.17) is 4.74 Å². The summed E-state index contributed by atoms with van der Waals surface area (Å²) < 4.78 is 6.54. The van der Waals surface area contributed by atoms with Crippen molar-refractivity contribution >= 4 is 0 Å². The number of nitrogens with one attached hydrogen (secondary N) is 1. The highest BCUT2D eigenvalue weighted by Crippen LogP contribution is 2.42. The van der Waals surface area contributed by atoms with Gasteiger partial charge >= 0.3 is 0 Å². The standard InChI is InChI=1S/C18H29NO/c1-14-7-8-15(17(2,3)4)16(13-14)20-18(9-6-10-18)11-12-19-5/h7-8,13,19H,6,9-12H2,1-5H3. The first-order valence-electron chi connectivity index (χ1n) is 7.81. The largest absolute Gasteiger partial charge is 0.487 e. The fourth-order valence-electron chi connectivity index (χ4n) is 2.89. The maximum Gasteiger partial charge on any atom is 0.124 e. The Morgan fingerprint density at radius 2 is 1.95 bits per heavy atom. The number of aryl methyl sites for hydroxylation is 1. The zero-order valence-electron chi connectivity index (χ0n) is 13.7. The zero-order chi connectivity index (χ0) is 14.8. The lowest BCUT2D eigenvalue weighted by molar-refractivity contribution is -0.0152. The highest BCUT2D eigenvalue weighted by molar-refractivity contribution is 5.42. The van der Waals surface area contributed by atoms with Gasteiger partial charge in [-0.05, 0) is 68.8 Å². The summed E-state index contributed by atoms with van der Waals surface area (Å²) >= 11 is 0. The van der Waals surface area contributed by atoms with Crippen molar-refractivity contribution in [2.24, 2.45) is 0 Å². The molecule has 0 unspecified atom stereocenters. The average Bonchev–Trinajstić information content (AvgIpc) is 2.31. The molecule has 0 atom stereocenters. The van der Waals surface area contributed by atoms with Crippen LogP contribution in [0.3, 0.4) is 0 Å². The van der Waals surface area contributed by atoms with Crippen LogP contribution >= 0.6 is 0 Å². The fourth-order valence-corrected chi connectivity index (χ4v) is 2.89. The van der Waals surface area contributed by atoms with Crippen LogP contribution in [0.4, 0.5) is 0 Å². The van der Waals surface area contributed by atoms with Gasteiger partial charge in [0.15, 0.2) is 0 Å². The van der Waals surface area contributed by atoms with Gasteiger partial charge in [0, 0.05) is 0 Å². The van der Waals surface area contributed by atoms with E-state index < -0.39 is 0 Å². The molecule has 0 bridgehead atoms. The van der Waals surface area contributed by atoms with Crippen LogP contribution in [0.25, 0.3) is 0 Å². The first-order valence-corrected chi connectivity index (χ1v) is 7.81. The van der Waals surface area contributed by atoms with Crippen molar-refractivity contribution in [2.45, 2.75) is 64.4 Å². The fraction of sp³-hybridized carbons (Fsp3) is 0.667. The van der Waals surface area contributed by atoms with Gasteiger partial charge in [0.2, 0.25) is 0 Å². The van der Waals surface area contributed by atoms with E-state index in [1.54, 1.807) is 0 Å². The molecule has 1 saturated carbocycles. The molecule has 112 valence electrons. The minimum atomic E-state index is 0.0663. The highest BCUT2D eigenvalue weighted by Gasteiger charge is 2.39. The summed E-state index contributed by atoms with van der Waals surface area (Å²) in [5, 5.41) is 3.25. The second-order valence-electron chi connectivity index (χ2n) is 7.24. The third kappa shape index (κ3) is 3.35. The molecule has 0 aromatic heterocycles. The number of benzene rings is 1. The van der Waals surface area contributed by atoms with Gasteiger partial charge < -0.3 is 10.1 Å². The molecular formula is C18H29NO. The quantitative estimate of drug-likeness (QED) is 0.869. The van der Waals surface area contributed by atoms with E-state index in [0.717, 1.165) is 18.7 Å². The van der Waals surface area contributed by atoms with Crippen LogP contribution < -0.4 is 10.1 Å². The van der Waals surface area contributed by atoms with Crippen LogP contribution in [0.1, 0.15) is 57.6 Å². The van der Waals surface area contributed by atoms with Crippen LogP contribution in [0.15, 0.2) is 18.2 Å². The van der Waals surface area contributed by atoms with E-state index in [0.29, 0.717) is 0 Å². The molecule has 0 amide bonds. The minimum Gasteiger partial charge on any atom is -0.487 e. The molecule has 0 saturated heterocycles. The number of rotatable bonds is 5. The van der Waals surface area contributed by atoms with Crippen LogP contribution in [-0.4, -0.2) is 19.2 Å². The number of ether oxygens (including phenoxy) is 1. The lowest BCUT2D eigenvalue weighted by Gasteiger charge is -2.43. The summed E-state index contributed by atoms with van der Waals surface area (Å²) in [6, 6.07) is 6.63. The Labute approximate surface area is 123 Å². The highest BCUT2D eigenvalue weighted by atomic mass is 16.5. The van der Waals surface area contributed by atoms with E-state index in [-0.39, 0.29) is 11.0 Å². The van der Waals surface area contributed by atoms with Crippen molar-refractivity contribution in [2.75, 3.05) is 13.6 Å². The molecule has 0 spiro atoms. The first kappa shape index (κ1) is 15.4. The summed E-state index contributed by atoms with van der Waals surface area (Å²) in [5.74, 6) is 1.09. The number of hydrogen-bond donors (Lipinski definition) is 1. The lowest BCUT2D eigenvalue weighted by Crippen LogP contribution is -2.45. The van der Waals surface area contributed by atoms with Gasteiger partial charge in [0.05, 0.1) is 0 Å². The van der Waals surface area contributed by atoms with Crippen molar-refractivity contribution in [1.82, 2.24) is 5.32 Å². The van der Waals surface area contributed by atoms with Gasteiger partial charge in [-0.3, -0.25) is 0 Å². The monoisotopic (exact) mass is 275 g/mol. The predicted molar refractivity (Wildman–Crippen MR) is 85.6 cm³/mol. The normalized spacial score (nSPS) is 17.6. The molecular weight excluding hydrogens is 246 g/mol. The third-order valence-electron chi connectivity index (χ3n) is 4.37. The van der Waals surface area contributed by atoms with Crippen molar-refractivity contribution in [3.05, 3.63) is 29.3 Å². The van der Waals surface area contributed by atoms with Gasteiger partial charge in [-0.15, -0.1) is 0 Å². The van der Waals surface area contributed by atoms with Crippen molar-refractivity contribution < 1.29 is 4.74 Å². The van der Waals surface area contributed by atoms with Gasteiger partial charge in [-0.25, -0.2) is 0 Å². The minimum absolute atomic E-state index is 0.0663. The summed E-state index contributed by atoms with van der Waals surface area (Å²) in [7, 11) is 2.01.